The topological polar surface area (TPSA) is 93.1 Å². The van der Waals surface area contributed by atoms with Gasteiger partial charge in [0.1, 0.15) is 12.2 Å². The molecule has 206 valence electrons. The van der Waals surface area contributed by atoms with Crippen LogP contribution in [0.3, 0.4) is 0 Å². The number of hydrogen-bond acceptors (Lipinski definition) is 6. The highest BCUT2D eigenvalue weighted by molar-refractivity contribution is 5.94. The number of carbonyl (C=O) groups is 2. The van der Waals surface area contributed by atoms with Crippen LogP contribution in [0.25, 0.3) is 0 Å². The molecule has 0 bridgehead atoms. The summed E-state index contributed by atoms with van der Waals surface area (Å²) in [5.41, 5.74) is 1.07. The van der Waals surface area contributed by atoms with Crippen LogP contribution in [0, 0.1) is 45.3 Å². The first-order valence-electron chi connectivity index (χ1n) is 14.8. The van der Waals surface area contributed by atoms with Crippen molar-refractivity contribution in [2.75, 3.05) is 0 Å². The standard InChI is InChI=1S/C31H46O6/c1-16-15-31(16)10-7-9-28(4)20(31)8-11-29(5)21(28)14-23(37-24(34)12-17(2)32)30(6)22(29)13-19(33)25-18(3)36-27(35)26(25)30/h16-23,32-33H,7-15H2,1-6H3/t16-,17?,18-,19+,20?,21?,22?,23-,28-,29+,30+,31-/m0/s1. The van der Waals surface area contributed by atoms with Crippen LogP contribution in [0.5, 0.6) is 0 Å². The Labute approximate surface area is 221 Å². The third-order valence-corrected chi connectivity index (χ3v) is 12.9. The van der Waals surface area contributed by atoms with Gasteiger partial charge in [0.15, 0.2) is 0 Å². The van der Waals surface area contributed by atoms with E-state index in [0.29, 0.717) is 34.8 Å². The summed E-state index contributed by atoms with van der Waals surface area (Å²) in [6.45, 7) is 12.9. The molecule has 0 saturated heterocycles. The number of carbonyl (C=O) groups excluding carboxylic acids is 2. The molecule has 1 heterocycles. The van der Waals surface area contributed by atoms with Crippen LogP contribution in [0.1, 0.15) is 99.3 Å². The lowest BCUT2D eigenvalue weighted by molar-refractivity contribution is -0.226. The molecule has 4 saturated carbocycles. The monoisotopic (exact) mass is 514 g/mol. The number of cyclic esters (lactones) is 1. The Morgan fingerprint density at radius 2 is 1.76 bits per heavy atom. The average molecular weight is 515 g/mol. The van der Waals surface area contributed by atoms with E-state index in [-0.39, 0.29) is 29.1 Å². The Bertz CT molecular complexity index is 1050. The van der Waals surface area contributed by atoms with E-state index in [1.54, 1.807) is 6.92 Å². The summed E-state index contributed by atoms with van der Waals surface area (Å²) in [4.78, 5) is 26.4. The van der Waals surface area contributed by atoms with E-state index in [2.05, 4.69) is 27.7 Å². The molecule has 2 N–H and O–H groups in total. The van der Waals surface area contributed by atoms with Crippen molar-refractivity contribution in [2.24, 2.45) is 45.3 Å². The maximum Gasteiger partial charge on any atom is 0.335 e. The van der Waals surface area contributed by atoms with Crippen LogP contribution >= 0.6 is 0 Å². The molecule has 1 spiro atoms. The van der Waals surface area contributed by atoms with Crippen molar-refractivity contribution in [1.82, 2.24) is 0 Å². The lowest BCUT2D eigenvalue weighted by atomic mass is 9.35. The summed E-state index contributed by atoms with van der Waals surface area (Å²) < 4.78 is 12.0. The third kappa shape index (κ3) is 3.30. The van der Waals surface area contributed by atoms with E-state index in [0.717, 1.165) is 18.8 Å². The second-order valence-electron chi connectivity index (χ2n) is 14.6. The Morgan fingerprint density at radius 3 is 2.41 bits per heavy atom. The van der Waals surface area contributed by atoms with Gasteiger partial charge in [0.25, 0.3) is 0 Å². The Kier molecular flexibility index (Phi) is 5.63. The van der Waals surface area contributed by atoms with E-state index >= 15 is 0 Å². The van der Waals surface area contributed by atoms with Gasteiger partial charge in [0, 0.05) is 11.0 Å². The number of fused-ring (bicyclic) bond motifs is 7. The molecular weight excluding hydrogens is 468 g/mol. The molecule has 12 atom stereocenters. The summed E-state index contributed by atoms with van der Waals surface area (Å²) in [5.74, 6) is 1.03. The molecule has 4 fully saturated rings. The predicted molar refractivity (Wildman–Crippen MR) is 138 cm³/mol. The molecule has 6 aliphatic rings. The van der Waals surface area contributed by atoms with Crippen molar-refractivity contribution in [2.45, 2.75) is 124 Å². The summed E-state index contributed by atoms with van der Waals surface area (Å²) in [6.07, 6.45) is 6.19. The maximum absolute atomic E-state index is 13.3. The van der Waals surface area contributed by atoms with Crippen molar-refractivity contribution < 1.29 is 29.3 Å². The molecule has 0 radical (unpaired) electrons. The molecule has 0 aromatic carbocycles. The fraction of sp³-hybridized carbons (Fsp3) is 0.871. The van der Waals surface area contributed by atoms with Gasteiger partial charge >= 0.3 is 11.9 Å². The van der Waals surface area contributed by atoms with Gasteiger partial charge < -0.3 is 19.7 Å². The molecular formula is C31H46O6. The molecule has 6 nitrogen and oxygen atoms in total. The molecule has 1 aliphatic heterocycles. The summed E-state index contributed by atoms with van der Waals surface area (Å²) in [5, 5.41) is 21.3. The summed E-state index contributed by atoms with van der Waals surface area (Å²) in [7, 11) is 0. The molecule has 6 rings (SSSR count). The van der Waals surface area contributed by atoms with Crippen molar-refractivity contribution >= 4 is 11.9 Å². The van der Waals surface area contributed by atoms with Gasteiger partial charge in [-0.05, 0) is 98.7 Å². The van der Waals surface area contributed by atoms with E-state index in [1.165, 1.54) is 32.1 Å². The quantitative estimate of drug-likeness (QED) is 0.518. The SMILES string of the molecule is CC(O)CC(=O)O[C@H]1CC2[C@@]3(C)CCC[C@@]4(C[C@@H]4C)C3CC[C@@]2(C)C2C[C@@H](O)C3=C(C(=O)O[C@H]3C)[C@]21C. The van der Waals surface area contributed by atoms with Gasteiger partial charge in [-0.25, -0.2) is 4.79 Å². The predicted octanol–water partition coefficient (Wildman–Crippen LogP) is 4.95. The number of ether oxygens (including phenoxy) is 2. The molecule has 5 aliphatic carbocycles. The number of rotatable bonds is 3. The summed E-state index contributed by atoms with van der Waals surface area (Å²) in [6, 6.07) is 0. The van der Waals surface area contributed by atoms with Crippen LogP contribution in [0.2, 0.25) is 0 Å². The first-order chi connectivity index (χ1) is 17.3. The molecule has 37 heavy (non-hydrogen) atoms. The van der Waals surface area contributed by atoms with Crippen LogP contribution in [-0.2, 0) is 19.1 Å². The normalized spacial score (nSPS) is 53.0. The minimum absolute atomic E-state index is 0.00183. The van der Waals surface area contributed by atoms with Gasteiger partial charge in [0.2, 0.25) is 0 Å². The van der Waals surface area contributed by atoms with Crippen molar-refractivity contribution in [3.05, 3.63) is 11.1 Å². The van der Waals surface area contributed by atoms with E-state index in [9.17, 15) is 19.8 Å². The van der Waals surface area contributed by atoms with Crippen LogP contribution in [0.15, 0.2) is 11.1 Å². The third-order valence-electron chi connectivity index (χ3n) is 12.9. The van der Waals surface area contributed by atoms with Gasteiger partial charge in [-0.2, -0.15) is 0 Å². The number of hydrogen-bond donors (Lipinski definition) is 2. The second kappa shape index (κ2) is 8.06. The molecule has 4 unspecified atom stereocenters. The van der Waals surface area contributed by atoms with Crippen LogP contribution in [-0.4, -0.2) is 46.6 Å². The number of aliphatic hydroxyl groups is 2. The summed E-state index contributed by atoms with van der Waals surface area (Å²) >= 11 is 0. The zero-order chi connectivity index (χ0) is 26.7. The van der Waals surface area contributed by atoms with Gasteiger partial charge in [-0.15, -0.1) is 0 Å². The molecule has 0 aromatic heterocycles. The molecule has 6 heteroatoms. The maximum atomic E-state index is 13.3. The minimum atomic E-state index is -0.782. The lowest BCUT2D eigenvalue weighted by Gasteiger charge is -2.69. The van der Waals surface area contributed by atoms with Crippen molar-refractivity contribution in [3.63, 3.8) is 0 Å². The van der Waals surface area contributed by atoms with Gasteiger partial charge in [-0.1, -0.05) is 34.1 Å². The second-order valence-corrected chi connectivity index (χ2v) is 14.6. The fourth-order valence-corrected chi connectivity index (χ4v) is 11.3. The lowest BCUT2D eigenvalue weighted by Crippen LogP contribution is -2.66. The highest BCUT2D eigenvalue weighted by atomic mass is 16.6. The zero-order valence-electron chi connectivity index (χ0n) is 23.5. The van der Waals surface area contributed by atoms with Gasteiger partial charge in [-0.3, -0.25) is 4.79 Å². The van der Waals surface area contributed by atoms with Crippen LogP contribution < -0.4 is 0 Å². The van der Waals surface area contributed by atoms with E-state index in [1.807, 2.05) is 6.92 Å². The number of aliphatic hydroxyl groups excluding tert-OH is 2. The Morgan fingerprint density at radius 1 is 1.08 bits per heavy atom. The minimum Gasteiger partial charge on any atom is -0.461 e. The van der Waals surface area contributed by atoms with Crippen molar-refractivity contribution in [1.29, 1.82) is 0 Å². The first kappa shape index (κ1) is 25.9. The van der Waals surface area contributed by atoms with Crippen LogP contribution in [0.4, 0.5) is 0 Å². The van der Waals surface area contributed by atoms with Crippen molar-refractivity contribution in [3.8, 4) is 0 Å². The highest BCUT2D eigenvalue weighted by Gasteiger charge is 2.73. The smallest absolute Gasteiger partial charge is 0.335 e. The Balaban J connectivity index is 1.47. The fourth-order valence-electron chi connectivity index (χ4n) is 11.3. The highest BCUT2D eigenvalue weighted by Crippen LogP contribution is 2.78. The van der Waals surface area contributed by atoms with E-state index in [4.69, 9.17) is 9.47 Å². The van der Waals surface area contributed by atoms with Gasteiger partial charge in [0.05, 0.1) is 24.2 Å². The Hall–Kier alpha value is -1.40. The first-order valence-corrected chi connectivity index (χ1v) is 14.8. The molecule has 0 aromatic rings. The van der Waals surface area contributed by atoms with E-state index < -0.39 is 35.8 Å². The largest absolute Gasteiger partial charge is 0.461 e. The molecule has 0 amide bonds. The number of esters is 2. The average Bonchev–Trinajstić information content (AvgIpc) is 3.30. The zero-order valence-corrected chi connectivity index (χ0v) is 23.5.